The standard InChI is InChI=1S/C28H43N3O4/c1-19(26(33)29-13-14-31-15-17-35-18-16-31)22-9-11-28(3)12-10-23(20(2)24(28)25(22)32)30-27(34)21-7-5-4-6-8-21/h4-8,19-20,22-25,32H,9-18H2,1-3H3,(H,29,33)(H,30,34)/t19-,20+,22-,23-,24+,25-,28-/m0/s1. The zero-order chi connectivity index (χ0) is 25.0. The average Bonchev–Trinajstić information content (AvgIpc) is 2.86. The topological polar surface area (TPSA) is 90.9 Å². The second kappa shape index (κ2) is 11.4. The summed E-state index contributed by atoms with van der Waals surface area (Å²) < 4.78 is 5.39. The third-order valence-electron chi connectivity index (χ3n) is 9.13. The first-order valence-electron chi connectivity index (χ1n) is 13.4. The number of fused-ring (bicyclic) bond motifs is 1. The van der Waals surface area contributed by atoms with Gasteiger partial charge in [-0.3, -0.25) is 14.5 Å². The summed E-state index contributed by atoms with van der Waals surface area (Å²) >= 11 is 0. The van der Waals surface area contributed by atoms with Crippen LogP contribution in [0, 0.1) is 29.1 Å². The molecule has 0 spiro atoms. The van der Waals surface area contributed by atoms with Gasteiger partial charge in [0.15, 0.2) is 0 Å². The van der Waals surface area contributed by atoms with Gasteiger partial charge in [0, 0.05) is 43.7 Å². The molecule has 7 heteroatoms. The molecule has 3 N–H and O–H groups in total. The highest BCUT2D eigenvalue weighted by Gasteiger charge is 2.53. The summed E-state index contributed by atoms with van der Waals surface area (Å²) in [4.78, 5) is 28.1. The van der Waals surface area contributed by atoms with E-state index in [0.29, 0.717) is 12.1 Å². The highest BCUT2D eigenvalue weighted by Crippen LogP contribution is 2.55. The molecule has 0 radical (unpaired) electrons. The summed E-state index contributed by atoms with van der Waals surface area (Å²) in [6, 6.07) is 9.34. The predicted molar refractivity (Wildman–Crippen MR) is 136 cm³/mol. The molecule has 1 aromatic rings. The molecule has 0 bridgehead atoms. The number of nitrogens with zero attached hydrogens (tertiary/aromatic N) is 1. The Balaban J connectivity index is 1.36. The van der Waals surface area contributed by atoms with Gasteiger partial charge < -0.3 is 20.5 Å². The van der Waals surface area contributed by atoms with Crippen molar-refractivity contribution in [3.8, 4) is 0 Å². The number of hydrogen-bond acceptors (Lipinski definition) is 5. The van der Waals surface area contributed by atoms with Crippen molar-refractivity contribution in [3.63, 3.8) is 0 Å². The number of nitrogens with one attached hydrogen (secondary N) is 2. The van der Waals surface area contributed by atoms with Crippen LogP contribution in [0.4, 0.5) is 0 Å². The third kappa shape index (κ3) is 5.89. The fourth-order valence-electron chi connectivity index (χ4n) is 6.86. The molecule has 0 aromatic heterocycles. The zero-order valence-electron chi connectivity index (χ0n) is 21.5. The van der Waals surface area contributed by atoms with Crippen molar-refractivity contribution in [2.24, 2.45) is 29.1 Å². The molecule has 35 heavy (non-hydrogen) atoms. The molecule has 1 aromatic carbocycles. The summed E-state index contributed by atoms with van der Waals surface area (Å²) in [5.41, 5.74) is 0.702. The Hall–Kier alpha value is -1.96. The zero-order valence-corrected chi connectivity index (χ0v) is 21.5. The molecule has 7 nitrogen and oxygen atoms in total. The average molecular weight is 486 g/mol. The fourth-order valence-corrected chi connectivity index (χ4v) is 6.86. The smallest absolute Gasteiger partial charge is 0.251 e. The van der Waals surface area contributed by atoms with Crippen LogP contribution >= 0.6 is 0 Å². The maximum atomic E-state index is 13.0. The Bertz CT molecular complexity index is 859. The van der Waals surface area contributed by atoms with Crippen molar-refractivity contribution >= 4 is 11.8 Å². The number of aliphatic hydroxyl groups is 1. The fraction of sp³-hybridized carbons (Fsp3) is 0.714. The lowest BCUT2D eigenvalue weighted by atomic mass is 9.51. The van der Waals surface area contributed by atoms with Crippen LogP contribution in [0.3, 0.4) is 0 Å². The molecule has 3 aliphatic rings. The summed E-state index contributed by atoms with van der Waals surface area (Å²) in [6.07, 6.45) is 3.21. The highest BCUT2D eigenvalue weighted by atomic mass is 16.5. The van der Waals surface area contributed by atoms with E-state index in [1.807, 2.05) is 37.3 Å². The van der Waals surface area contributed by atoms with E-state index >= 15 is 0 Å². The molecular formula is C28H43N3O4. The molecule has 0 unspecified atom stereocenters. The van der Waals surface area contributed by atoms with Gasteiger partial charge in [-0.1, -0.05) is 39.0 Å². The Morgan fingerprint density at radius 2 is 1.86 bits per heavy atom. The van der Waals surface area contributed by atoms with Gasteiger partial charge in [-0.15, -0.1) is 0 Å². The van der Waals surface area contributed by atoms with Gasteiger partial charge in [0.1, 0.15) is 0 Å². The van der Waals surface area contributed by atoms with Crippen LogP contribution in [-0.4, -0.2) is 73.4 Å². The van der Waals surface area contributed by atoms with E-state index in [1.165, 1.54) is 0 Å². The lowest BCUT2D eigenvalue weighted by Crippen LogP contribution is -2.58. The molecule has 3 fully saturated rings. The lowest BCUT2D eigenvalue weighted by molar-refractivity contribution is -0.142. The number of amides is 2. The highest BCUT2D eigenvalue weighted by molar-refractivity contribution is 5.94. The van der Waals surface area contributed by atoms with Crippen LogP contribution in [0.15, 0.2) is 30.3 Å². The molecule has 2 amide bonds. The van der Waals surface area contributed by atoms with E-state index in [1.54, 1.807) is 0 Å². The number of aliphatic hydroxyl groups excluding tert-OH is 1. The lowest BCUT2D eigenvalue weighted by Gasteiger charge is -2.56. The monoisotopic (exact) mass is 485 g/mol. The van der Waals surface area contributed by atoms with Crippen LogP contribution in [0.5, 0.6) is 0 Å². The Kier molecular flexibility index (Phi) is 8.50. The number of hydrogen-bond donors (Lipinski definition) is 3. The molecular weight excluding hydrogens is 442 g/mol. The second-order valence-electron chi connectivity index (χ2n) is 11.3. The minimum absolute atomic E-state index is 0.0202. The molecule has 4 rings (SSSR count). The third-order valence-corrected chi connectivity index (χ3v) is 9.13. The minimum atomic E-state index is -0.555. The summed E-state index contributed by atoms with van der Waals surface area (Å²) in [5.74, 6) is -0.145. The van der Waals surface area contributed by atoms with Crippen molar-refractivity contribution in [2.45, 2.75) is 58.6 Å². The number of benzene rings is 1. The van der Waals surface area contributed by atoms with Gasteiger partial charge in [-0.25, -0.2) is 0 Å². The largest absolute Gasteiger partial charge is 0.392 e. The van der Waals surface area contributed by atoms with Crippen LogP contribution in [0.25, 0.3) is 0 Å². The Morgan fingerprint density at radius 3 is 2.57 bits per heavy atom. The number of ether oxygens (including phenoxy) is 1. The first-order chi connectivity index (χ1) is 16.8. The van der Waals surface area contributed by atoms with E-state index in [9.17, 15) is 14.7 Å². The van der Waals surface area contributed by atoms with Crippen LogP contribution in [-0.2, 0) is 9.53 Å². The van der Waals surface area contributed by atoms with Gasteiger partial charge in [0.2, 0.25) is 5.91 Å². The van der Waals surface area contributed by atoms with Crippen LogP contribution < -0.4 is 10.6 Å². The van der Waals surface area contributed by atoms with Gasteiger partial charge in [-0.05, 0) is 61.0 Å². The first-order valence-corrected chi connectivity index (χ1v) is 13.4. The van der Waals surface area contributed by atoms with Crippen molar-refractivity contribution in [2.75, 3.05) is 39.4 Å². The van der Waals surface area contributed by atoms with Gasteiger partial charge >= 0.3 is 0 Å². The van der Waals surface area contributed by atoms with Gasteiger partial charge in [-0.2, -0.15) is 0 Å². The maximum absolute atomic E-state index is 13.0. The molecule has 1 heterocycles. The molecule has 1 aliphatic heterocycles. The van der Waals surface area contributed by atoms with Gasteiger partial charge in [0.25, 0.3) is 5.91 Å². The molecule has 194 valence electrons. The number of rotatable bonds is 7. The van der Waals surface area contributed by atoms with Gasteiger partial charge in [0.05, 0.1) is 19.3 Å². The summed E-state index contributed by atoms with van der Waals surface area (Å²) in [5, 5.41) is 17.9. The quantitative estimate of drug-likeness (QED) is 0.553. The first kappa shape index (κ1) is 26.1. The number of carbonyl (C=O) groups is 2. The van der Waals surface area contributed by atoms with E-state index in [-0.39, 0.29) is 46.9 Å². The number of carbonyl (C=O) groups excluding carboxylic acids is 2. The van der Waals surface area contributed by atoms with Crippen molar-refractivity contribution in [3.05, 3.63) is 35.9 Å². The second-order valence-corrected chi connectivity index (χ2v) is 11.3. The Labute approximate surface area is 210 Å². The molecule has 2 saturated carbocycles. The van der Waals surface area contributed by atoms with E-state index in [0.717, 1.165) is 58.5 Å². The van der Waals surface area contributed by atoms with Crippen molar-refractivity contribution in [1.29, 1.82) is 0 Å². The van der Waals surface area contributed by atoms with E-state index in [2.05, 4.69) is 29.4 Å². The molecule has 7 atom stereocenters. The predicted octanol–water partition coefficient (Wildman–Crippen LogP) is 2.69. The minimum Gasteiger partial charge on any atom is -0.392 e. The van der Waals surface area contributed by atoms with Crippen LogP contribution in [0.1, 0.15) is 56.8 Å². The summed E-state index contributed by atoms with van der Waals surface area (Å²) in [7, 11) is 0. The number of morpholine rings is 1. The van der Waals surface area contributed by atoms with E-state index < -0.39 is 6.10 Å². The SMILES string of the molecule is C[C@H]1[C@@H]2[C@@H](O)[C@H]([C@H](C)C(=O)NCCN3CCOCC3)CC[C@@]2(C)CC[C@@H]1NC(=O)c1ccccc1. The van der Waals surface area contributed by atoms with E-state index in [4.69, 9.17) is 4.74 Å². The normalized spacial score (nSPS) is 34.5. The van der Waals surface area contributed by atoms with Crippen LogP contribution in [0.2, 0.25) is 0 Å². The maximum Gasteiger partial charge on any atom is 0.251 e. The van der Waals surface area contributed by atoms with Crippen molar-refractivity contribution in [1.82, 2.24) is 15.5 Å². The Morgan fingerprint density at radius 1 is 1.17 bits per heavy atom. The summed E-state index contributed by atoms with van der Waals surface area (Å²) in [6.45, 7) is 11.2. The molecule has 2 aliphatic carbocycles. The van der Waals surface area contributed by atoms with Crippen molar-refractivity contribution < 1.29 is 19.4 Å². The molecule has 1 saturated heterocycles.